The zero-order valence-corrected chi connectivity index (χ0v) is 17.7. The smallest absolute Gasteiger partial charge is 0.359 e. The highest BCUT2D eigenvalue weighted by molar-refractivity contribution is 6.09. The molecule has 1 aliphatic heterocycles. The zero-order valence-electron chi connectivity index (χ0n) is 17.7. The number of carbonyl (C=O) groups excluding carboxylic acids is 3. The zero-order chi connectivity index (χ0) is 22.7. The standard InChI is InChI=1S/C23H22N4O5/c1-3-32-23(30)20-19-12-13-26(16-6-4-15(5-7-16)24-14-28)22(29)21(19)27(25-20)17-8-10-18(31-2)11-9-17/h4-11,14H,3,12-13H2,1-2H3,(H,24,28). The summed E-state index contributed by atoms with van der Waals surface area (Å²) >= 11 is 0. The van der Waals surface area contributed by atoms with Crippen molar-refractivity contribution in [3.05, 3.63) is 65.5 Å². The van der Waals surface area contributed by atoms with Crippen molar-refractivity contribution in [3.63, 3.8) is 0 Å². The van der Waals surface area contributed by atoms with Crippen molar-refractivity contribution < 1.29 is 23.9 Å². The minimum atomic E-state index is -0.554. The molecule has 9 heteroatoms. The van der Waals surface area contributed by atoms with Crippen LogP contribution in [0, 0.1) is 0 Å². The number of carbonyl (C=O) groups is 3. The number of esters is 1. The van der Waals surface area contributed by atoms with Gasteiger partial charge in [0.25, 0.3) is 5.91 Å². The molecule has 4 rings (SSSR count). The van der Waals surface area contributed by atoms with Gasteiger partial charge in [-0.25, -0.2) is 9.48 Å². The van der Waals surface area contributed by atoms with Crippen LogP contribution in [0.2, 0.25) is 0 Å². The van der Waals surface area contributed by atoms with Gasteiger partial charge < -0.3 is 19.7 Å². The Kier molecular flexibility index (Phi) is 5.89. The molecule has 2 aromatic carbocycles. The van der Waals surface area contributed by atoms with Gasteiger partial charge in [0.2, 0.25) is 6.41 Å². The summed E-state index contributed by atoms with van der Waals surface area (Å²) in [5.41, 5.74) is 2.97. The summed E-state index contributed by atoms with van der Waals surface area (Å²) in [5.74, 6) is -0.167. The Morgan fingerprint density at radius 2 is 1.81 bits per heavy atom. The van der Waals surface area contributed by atoms with Crippen LogP contribution < -0.4 is 15.0 Å². The summed E-state index contributed by atoms with van der Waals surface area (Å²) < 4.78 is 11.9. The third-order valence-corrected chi connectivity index (χ3v) is 5.21. The van der Waals surface area contributed by atoms with Gasteiger partial charge in [-0.3, -0.25) is 9.59 Å². The first-order valence-electron chi connectivity index (χ1n) is 10.1. The van der Waals surface area contributed by atoms with Crippen LogP contribution in [0.4, 0.5) is 11.4 Å². The number of hydrogen-bond donors (Lipinski definition) is 1. The van der Waals surface area contributed by atoms with Crippen LogP contribution in [0.15, 0.2) is 48.5 Å². The molecule has 2 amide bonds. The molecule has 0 radical (unpaired) electrons. The molecule has 1 aromatic heterocycles. The molecule has 0 unspecified atom stereocenters. The summed E-state index contributed by atoms with van der Waals surface area (Å²) in [7, 11) is 1.57. The van der Waals surface area contributed by atoms with Crippen molar-refractivity contribution in [2.75, 3.05) is 30.5 Å². The minimum absolute atomic E-state index is 0.149. The minimum Gasteiger partial charge on any atom is -0.497 e. The van der Waals surface area contributed by atoms with Gasteiger partial charge >= 0.3 is 5.97 Å². The maximum absolute atomic E-state index is 13.6. The van der Waals surface area contributed by atoms with E-state index in [9.17, 15) is 14.4 Å². The second kappa shape index (κ2) is 8.93. The van der Waals surface area contributed by atoms with Gasteiger partial charge in [0, 0.05) is 23.5 Å². The number of ether oxygens (including phenoxy) is 2. The number of fused-ring (bicyclic) bond motifs is 1. The molecule has 0 spiro atoms. The first kappa shape index (κ1) is 21.1. The van der Waals surface area contributed by atoms with Gasteiger partial charge in [0.05, 0.1) is 19.4 Å². The van der Waals surface area contributed by atoms with Gasteiger partial charge in [0.15, 0.2) is 5.69 Å². The lowest BCUT2D eigenvalue weighted by atomic mass is 10.0. The summed E-state index contributed by atoms with van der Waals surface area (Å²) in [6.45, 7) is 2.32. The number of methoxy groups -OCH3 is 1. The van der Waals surface area contributed by atoms with E-state index in [-0.39, 0.29) is 18.2 Å². The second-order valence-electron chi connectivity index (χ2n) is 7.02. The molecular weight excluding hydrogens is 412 g/mol. The number of amides is 2. The van der Waals surface area contributed by atoms with Crippen molar-refractivity contribution in [1.82, 2.24) is 9.78 Å². The maximum Gasteiger partial charge on any atom is 0.359 e. The predicted molar refractivity (Wildman–Crippen MR) is 118 cm³/mol. The van der Waals surface area contributed by atoms with Crippen LogP contribution in [-0.4, -0.2) is 48.3 Å². The molecular formula is C23H22N4O5. The molecule has 1 aliphatic rings. The van der Waals surface area contributed by atoms with Crippen molar-refractivity contribution in [2.45, 2.75) is 13.3 Å². The molecule has 0 fully saturated rings. The molecule has 0 saturated carbocycles. The number of aromatic nitrogens is 2. The third kappa shape index (κ3) is 3.80. The topological polar surface area (TPSA) is 103 Å². The fourth-order valence-corrected chi connectivity index (χ4v) is 3.69. The highest BCUT2D eigenvalue weighted by atomic mass is 16.5. The van der Waals surface area contributed by atoms with E-state index < -0.39 is 5.97 Å². The summed E-state index contributed by atoms with van der Waals surface area (Å²) in [6, 6.07) is 14.0. The van der Waals surface area contributed by atoms with Gasteiger partial charge in [0.1, 0.15) is 11.4 Å². The van der Waals surface area contributed by atoms with Gasteiger partial charge in [-0.1, -0.05) is 0 Å². The van der Waals surface area contributed by atoms with E-state index in [0.29, 0.717) is 53.4 Å². The lowest BCUT2D eigenvalue weighted by Crippen LogP contribution is -2.39. The Balaban J connectivity index is 1.77. The summed E-state index contributed by atoms with van der Waals surface area (Å²) in [4.78, 5) is 38.4. The van der Waals surface area contributed by atoms with Gasteiger partial charge in [-0.05, 0) is 61.9 Å². The quantitative estimate of drug-likeness (QED) is 0.453. The molecule has 9 nitrogen and oxygen atoms in total. The molecule has 1 N–H and O–H groups in total. The number of hydrogen-bond acceptors (Lipinski definition) is 6. The van der Waals surface area contributed by atoms with E-state index in [1.165, 1.54) is 4.68 Å². The molecule has 0 bridgehead atoms. The predicted octanol–water partition coefficient (Wildman–Crippen LogP) is 2.83. The van der Waals surface area contributed by atoms with Gasteiger partial charge in [-0.15, -0.1) is 0 Å². The average Bonchev–Trinajstić information content (AvgIpc) is 3.21. The number of anilines is 2. The van der Waals surface area contributed by atoms with Crippen LogP contribution >= 0.6 is 0 Å². The number of rotatable bonds is 7. The lowest BCUT2D eigenvalue weighted by molar-refractivity contribution is -0.105. The number of benzene rings is 2. The SMILES string of the molecule is CCOC(=O)c1nn(-c2ccc(OC)cc2)c2c1CCN(c1ccc(NC=O)cc1)C2=O. The van der Waals surface area contributed by atoms with E-state index in [1.54, 1.807) is 67.5 Å². The van der Waals surface area contributed by atoms with E-state index in [2.05, 4.69) is 10.4 Å². The molecule has 0 atom stereocenters. The Labute approximate surface area is 184 Å². The highest BCUT2D eigenvalue weighted by Crippen LogP contribution is 2.30. The third-order valence-electron chi connectivity index (χ3n) is 5.21. The summed E-state index contributed by atoms with van der Waals surface area (Å²) in [6.07, 6.45) is 1.04. The fourth-order valence-electron chi connectivity index (χ4n) is 3.69. The molecule has 3 aromatic rings. The van der Waals surface area contributed by atoms with E-state index in [4.69, 9.17) is 9.47 Å². The molecule has 32 heavy (non-hydrogen) atoms. The first-order chi connectivity index (χ1) is 15.6. The Morgan fingerprint density at radius 1 is 1.12 bits per heavy atom. The number of nitrogens with zero attached hydrogens (tertiary/aromatic N) is 3. The Hall–Kier alpha value is -4.14. The largest absolute Gasteiger partial charge is 0.497 e. The highest BCUT2D eigenvalue weighted by Gasteiger charge is 2.35. The van der Waals surface area contributed by atoms with E-state index in [0.717, 1.165) is 0 Å². The molecule has 0 saturated heterocycles. The van der Waals surface area contributed by atoms with Crippen molar-refractivity contribution >= 4 is 29.7 Å². The van der Waals surface area contributed by atoms with Gasteiger partial charge in [-0.2, -0.15) is 5.10 Å². The average molecular weight is 434 g/mol. The monoisotopic (exact) mass is 434 g/mol. The second-order valence-corrected chi connectivity index (χ2v) is 7.02. The normalized spacial score (nSPS) is 12.8. The van der Waals surface area contributed by atoms with Crippen LogP contribution in [0.1, 0.15) is 33.5 Å². The first-order valence-corrected chi connectivity index (χ1v) is 10.1. The Bertz CT molecular complexity index is 1150. The van der Waals surface area contributed by atoms with Crippen molar-refractivity contribution in [2.24, 2.45) is 0 Å². The van der Waals surface area contributed by atoms with Crippen LogP contribution in [0.25, 0.3) is 5.69 Å². The van der Waals surface area contributed by atoms with E-state index >= 15 is 0 Å². The van der Waals surface area contributed by atoms with Crippen molar-refractivity contribution in [3.8, 4) is 11.4 Å². The maximum atomic E-state index is 13.6. The molecule has 0 aliphatic carbocycles. The van der Waals surface area contributed by atoms with Crippen molar-refractivity contribution in [1.29, 1.82) is 0 Å². The number of nitrogens with one attached hydrogen (secondary N) is 1. The van der Waals surface area contributed by atoms with Crippen LogP contribution in [0.5, 0.6) is 5.75 Å². The molecule has 2 heterocycles. The lowest BCUT2D eigenvalue weighted by Gasteiger charge is -2.28. The van der Waals surface area contributed by atoms with E-state index in [1.807, 2.05) is 0 Å². The molecule has 164 valence electrons. The Morgan fingerprint density at radius 3 is 2.44 bits per heavy atom. The summed E-state index contributed by atoms with van der Waals surface area (Å²) in [5, 5.41) is 7.03. The fraction of sp³-hybridized carbons (Fsp3) is 0.217. The van der Waals surface area contributed by atoms with Crippen LogP contribution in [-0.2, 0) is 16.0 Å². The van der Waals surface area contributed by atoms with Crippen LogP contribution in [0.3, 0.4) is 0 Å².